The molecule has 4 atom stereocenters. The largest absolute Gasteiger partial charge is 0.504 e. The van der Waals surface area contributed by atoms with Crippen molar-refractivity contribution < 1.29 is 14.6 Å². The van der Waals surface area contributed by atoms with Crippen LogP contribution in [0.4, 0.5) is 0 Å². The zero-order chi connectivity index (χ0) is 22.3. The van der Waals surface area contributed by atoms with Gasteiger partial charge in [-0.05, 0) is 69.0 Å². The quantitative estimate of drug-likeness (QED) is 0.749. The van der Waals surface area contributed by atoms with Crippen molar-refractivity contribution in [2.75, 3.05) is 20.7 Å². The second-order valence-electron chi connectivity index (χ2n) is 10.3. The molecule has 0 aromatic heterocycles. The molecule has 0 spiro atoms. The summed E-state index contributed by atoms with van der Waals surface area (Å²) in [5, 5.41) is 10.8. The first kappa shape index (κ1) is 20.0. The molecule has 2 aromatic carbocycles. The third-order valence-electron chi connectivity index (χ3n) is 9.38. The number of methoxy groups -OCH3 is 1. The summed E-state index contributed by atoms with van der Waals surface area (Å²) in [7, 11) is 3.90. The van der Waals surface area contributed by atoms with E-state index in [0.29, 0.717) is 24.0 Å². The van der Waals surface area contributed by atoms with Crippen LogP contribution in [0.1, 0.15) is 49.3 Å². The summed E-state index contributed by atoms with van der Waals surface area (Å²) in [6.07, 6.45) is 4.40. The molecule has 4 aliphatic rings. The number of nitrogens with zero attached hydrogens (tertiary/aromatic N) is 1. The van der Waals surface area contributed by atoms with Crippen LogP contribution in [0.2, 0.25) is 0 Å². The fourth-order valence-corrected chi connectivity index (χ4v) is 8.14. The number of Topliss-reactive ketones (excluding diaryl/α,β-unsaturated/α-hetero) is 1. The van der Waals surface area contributed by atoms with Crippen molar-refractivity contribution in [2.24, 2.45) is 11.3 Å². The maximum Gasteiger partial charge on any atom is 0.164 e. The number of hydrogen-bond acceptors (Lipinski definition) is 4. The molecular formula is C28H31NO3. The highest BCUT2D eigenvalue weighted by atomic mass is 16.5. The first-order valence-electron chi connectivity index (χ1n) is 11.8. The number of piperidine rings is 1. The zero-order valence-electron chi connectivity index (χ0n) is 19.1. The predicted octanol–water partition coefficient (Wildman–Crippen LogP) is 4.74. The smallest absolute Gasteiger partial charge is 0.164 e. The van der Waals surface area contributed by atoms with E-state index in [1.54, 1.807) is 13.2 Å². The number of likely N-dealkylation sites (N-methyl/N-ethyl adjacent to an activating group) is 1. The van der Waals surface area contributed by atoms with Crippen molar-refractivity contribution in [3.8, 4) is 11.5 Å². The maximum atomic E-state index is 13.8. The molecule has 3 fully saturated rings. The number of hydrogen-bond donors (Lipinski definition) is 1. The van der Waals surface area contributed by atoms with E-state index < -0.39 is 0 Å². The van der Waals surface area contributed by atoms with Gasteiger partial charge in [0.2, 0.25) is 0 Å². The lowest BCUT2D eigenvalue weighted by atomic mass is 9.44. The van der Waals surface area contributed by atoms with E-state index in [1.165, 1.54) is 22.3 Å². The number of carbonyl (C=O) groups excluding carboxylic acids is 1. The summed E-state index contributed by atoms with van der Waals surface area (Å²) in [4.78, 5) is 16.3. The Morgan fingerprint density at radius 1 is 1.16 bits per heavy atom. The van der Waals surface area contributed by atoms with Gasteiger partial charge in [0, 0.05) is 34.8 Å². The van der Waals surface area contributed by atoms with Crippen molar-refractivity contribution in [3.05, 3.63) is 64.7 Å². The number of allylic oxidation sites excluding steroid dienone is 2. The van der Waals surface area contributed by atoms with Crippen molar-refractivity contribution in [1.29, 1.82) is 0 Å². The molecule has 3 aliphatic carbocycles. The molecule has 1 heterocycles. The van der Waals surface area contributed by atoms with Gasteiger partial charge >= 0.3 is 0 Å². The Kier molecular flexibility index (Phi) is 4.20. The van der Waals surface area contributed by atoms with E-state index in [2.05, 4.69) is 49.2 Å². The molecule has 6 rings (SSSR count). The molecule has 32 heavy (non-hydrogen) atoms. The van der Waals surface area contributed by atoms with Crippen molar-refractivity contribution in [3.63, 3.8) is 0 Å². The molecule has 4 heteroatoms. The minimum absolute atomic E-state index is 0.00196. The number of rotatable bonds is 2. The lowest BCUT2D eigenvalue weighted by Crippen LogP contribution is -2.67. The standard InChI is InChI=1S/C28H31NO3/c1-17(18-7-5-4-6-8-18)20-16-27-12-11-21(30)25(20)28(27)13-14-29(2)23(27)15-19-9-10-22(31)26(32-3)24(19)28/h4-10,23,25,31H,11-16H2,1-3H3/b20-17+/t23-,25-,27-,28+/m1/s1. The van der Waals surface area contributed by atoms with E-state index in [-0.39, 0.29) is 22.5 Å². The maximum absolute atomic E-state index is 13.8. The van der Waals surface area contributed by atoms with Gasteiger partial charge in [-0.3, -0.25) is 4.79 Å². The van der Waals surface area contributed by atoms with Crippen LogP contribution >= 0.6 is 0 Å². The molecule has 2 saturated carbocycles. The molecule has 4 nitrogen and oxygen atoms in total. The average Bonchev–Trinajstić information content (AvgIpc) is 3.04. The van der Waals surface area contributed by atoms with E-state index in [0.717, 1.165) is 37.8 Å². The summed E-state index contributed by atoms with van der Waals surface area (Å²) >= 11 is 0. The number of likely N-dealkylation sites (tertiary alicyclic amines) is 1. The summed E-state index contributed by atoms with van der Waals surface area (Å²) in [6.45, 7) is 3.17. The fraction of sp³-hybridized carbons (Fsp3) is 0.464. The van der Waals surface area contributed by atoms with Crippen molar-refractivity contribution in [2.45, 2.75) is 50.5 Å². The molecule has 2 aromatic rings. The minimum atomic E-state index is -0.303. The topological polar surface area (TPSA) is 49.8 Å². The Morgan fingerprint density at radius 2 is 1.94 bits per heavy atom. The van der Waals surface area contributed by atoms with Gasteiger partial charge in [-0.2, -0.15) is 0 Å². The van der Waals surface area contributed by atoms with Gasteiger partial charge < -0.3 is 14.7 Å². The molecule has 4 bridgehead atoms. The third-order valence-corrected chi connectivity index (χ3v) is 9.38. The molecule has 1 N–H and O–H groups in total. The Labute approximate surface area is 189 Å². The number of ether oxygens (including phenoxy) is 1. The third kappa shape index (κ3) is 2.24. The van der Waals surface area contributed by atoms with Crippen molar-refractivity contribution in [1.82, 2.24) is 4.90 Å². The first-order valence-corrected chi connectivity index (χ1v) is 11.8. The van der Waals surface area contributed by atoms with Gasteiger partial charge in [0.05, 0.1) is 7.11 Å². The van der Waals surface area contributed by atoms with Crippen molar-refractivity contribution >= 4 is 11.4 Å². The second-order valence-corrected chi connectivity index (χ2v) is 10.3. The SMILES string of the molecule is COc1c(O)ccc2c1[C@]13CCN(C)[C@H](C2)[C@]12CCC(=O)[C@H]3/C(=C(\C)c1ccccc1)C2. The molecule has 166 valence electrons. The summed E-state index contributed by atoms with van der Waals surface area (Å²) < 4.78 is 5.85. The fourth-order valence-electron chi connectivity index (χ4n) is 8.14. The van der Waals surface area contributed by atoms with E-state index in [9.17, 15) is 9.90 Å². The summed E-state index contributed by atoms with van der Waals surface area (Å²) in [6, 6.07) is 14.8. The number of carbonyl (C=O) groups is 1. The highest BCUT2D eigenvalue weighted by Gasteiger charge is 2.73. The van der Waals surface area contributed by atoms with Gasteiger partial charge in [-0.1, -0.05) is 42.0 Å². The highest BCUT2D eigenvalue weighted by molar-refractivity contribution is 5.92. The van der Waals surface area contributed by atoms with E-state index in [4.69, 9.17) is 4.74 Å². The predicted molar refractivity (Wildman–Crippen MR) is 125 cm³/mol. The van der Waals surface area contributed by atoms with Gasteiger partial charge in [0.1, 0.15) is 5.78 Å². The van der Waals surface area contributed by atoms with Gasteiger partial charge in [-0.25, -0.2) is 0 Å². The Balaban J connectivity index is 1.69. The van der Waals surface area contributed by atoms with E-state index in [1.807, 2.05) is 6.07 Å². The lowest BCUT2D eigenvalue weighted by Gasteiger charge is -2.64. The van der Waals surface area contributed by atoms with Crippen LogP contribution in [-0.4, -0.2) is 42.5 Å². The molecule has 0 unspecified atom stereocenters. The second kappa shape index (κ2) is 6.71. The number of phenols is 1. The molecule has 0 amide bonds. The molecule has 1 aliphatic heterocycles. The zero-order valence-corrected chi connectivity index (χ0v) is 19.1. The number of aromatic hydroxyl groups is 1. The summed E-state index contributed by atoms with van der Waals surface area (Å²) in [5.74, 6) is 1.01. The summed E-state index contributed by atoms with van der Waals surface area (Å²) in [5.41, 5.74) is 5.84. The van der Waals surface area contributed by atoms with Crippen LogP contribution in [0, 0.1) is 11.3 Å². The van der Waals surface area contributed by atoms with Gasteiger partial charge in [0.15, 0.2) is 11.5 Å². The highest BCUT2D eigenvalue weighted by Crippen LogP contribution is 2.74. The van der Waals surface area contributed by atoms with Crippen LogP contribution in [0.15, 0.2) is 48.0 Å². The molecule has 1 saturated heterocycles. The van der Waals surface area contributed by atoms with E-state index >= 15 is 0 Å². The van der Waals surface area contributed by atoms with Crippen LogP contribution in [0.5, 0.6) is 11.5 Å². The van der Waals surface area contributed by atoms with Crippen LogP contribution in [-0.2, 0) is 16.6 Å². The van der Waals surface area contributed by atoms with Gasteiger partial charge in [-0.15, -0.1) is 0 Å². The van der Waals surface area contributed by atoms with Gasteiger partial charge in [0.25, 0.3) is 0 Å². The number of phenolic OH excluding ortho intramolecular Hbond substituents is 1. The minimum Gasteiger partial charge on any atom is -0.504 e. The number of benzene rings is 2. The van der Waals surface area contributed by atoms with Crippen LogP contribution in [0.3, 0.4) is 0 Å². The first-order chi connectivity index (χ1) is 15.4. The molecule has 0 radical (unpaired) electrons. The lowest BCUT2D eigenvalue weighted by molar-refractivity contribution is -0.138. The average molecular weight is 430 g/mol. The van der Waals surface area contributed by atoms with Crippen LogP contribution < -0.4 is 4.74 Å². The Bertz CT molecular complexity index is 1150. The molecular weight excluding hydrogens is 398 g/mol. The normalized spacial score (nSPS) is 34.7. The number of ketones is 1. The number of fused-ring (bicyclic) bond motifs is 1. The van der Waals surface area contributed by atoms with Crippen LogP contribution in [0.25, 0.3) is 5.57 Å². The monoisotopic (exact) mass is 429 g/mol. The Hall–Kier alpha value is -2.59. The Morgan fingerprint density at radius 3 is 2.69 bits per heavy atom.